The molecule has 3 rings (SSSR count). The maximum atomic E-state index is 13.2. The van der Waals surface area contributed by atoms with E-state index in [4.69, 9.17) is 4.74 Å². The zero-order valence-electron chi connectivity index (χ0n) is 15.3. The molecule has 28 heavy (non-hydrogen) atoms. The number of ether oxygens (including phenoxy) is 1. The molecule has 1 aliphatic rings. The highest BCUT2D eigenvalue weighted by Crippen LogP contribution is 2.35. The summed E-state index contributed by atoms with van der Waals surface area (Å²) in [6.07, 6.45) is -4.73. The van der Waals surface area contributed by atoms with Gasteiger partial charge in [0, 0.05) is 38.3 Å². The molecule has 5 nitrogen and oxygen atoms in total. The molecule has 0 unspecified atom stereocenters. The quantitative estimate of drug-likeness (QED) is 0.754. The van der Waals surface area contributed by atoms with Gasteiger partial charge in [-0.25, -0.2) is 8.42 Å². The summed E-state index contributed by atoms with van der Waals surface area (Å²) in [5.74, 6) is 0.747. The molecule has 2 aromatic rings. The molecule has 1 aliphatic heterocycles. The Balaban J connectivity index is 1.73. The zero-order valence-corrected chi connectivity index (χ0v) is 16.1. The molecule has 0 aromatic heterocycles. The molecular formula is C19H21F3N2O3S. The number of hydrogen-bond donors (Lipinski definition) is 0. The number of sulfonamides is 1. The number of rotatable bonds is 5. The van der Waals surface area contributed by atoms with Crippen LogP contribution in [0, 0.1) is 0 Å². The molecule has 0 bridgehead atoms. The molecule has 1 fully saturated rings. The van der Waals surface area contributed by atoms with E-state index < -0.39 is 26.7 Å². The average Bonchev–Trinajstić information content (AvgIpc) is 2.68. The number of benzene rings is 2. The fraction of sp³-hybridized carbons (Fsp3) is 0.368. The highest BCUT2D eigenvalue weighted by Gasteiger charge is 2.39. The maximum Gasteiger partial charge on any atom is 0.417 e. The van der Waals surface area contributed by atoms with E-state index in [1.54, 1.807) is 7.11 Å². The monoisotopic (exact) mass is 414 g/mol. The largest absolute Gasteiger partial charge is 0.496 e. The van der Waals surface area contributed by atoms with Crippen molar-refractivity contribution in [3.05, 3.63) is 59.7 Å². The van der Waals surface area contributed by atoms with Crippen LogP contribution in [0.2, 0.25) is 0 Å². The summed E-state index contributed by atoms with van der Waals surface area (Å²) in [4.78, 5) is 1.36. The molecule has 0 radical (unpaired) electrons. The lowest BCUT2D eigenvalue weighted by Gasteiger charge is -2.34. The lowest BCUT2D eigenvalue weighted by atomic mass is 10.2. The Morgan fingerprint density at radius 3 is 2.21 bits per heavy atom. The highest BCUT2D eigenvalue weighted by molar-refractivity contribution is 7.89. The van der Waals surface area contributed by atoms with E-state index in [-0.39, 0.29) is 13.1 Å². The number of para-hydroxylation sites is 1. The number of halogens is 3. The third-order valence-electron chi connectivity index (χ3n) is 4.73. The molecule has 0 amide bonds. The lowest BCUT2D eigenvalue weighted by Crippen LogP contribution is -2.48. The molecule has 0 N–H and O–H groups in total. The van der Waals surface area contributed by atoms with E-state index >= 15 is 0 Å². The molecule has 2 aromatic carbocycles. The van der Waals surface area contributed by atoms with E-state index in [0.717, 1.165) is 27.8 Å². The lowest BCUT2D eigenvalue weighted by molar-refractivity contribution is -0.139. The first kappa shape index (κ1) is 20.6. The van der Waals surface area contributed by atoms with Crippen LogP contribution in [0.5, 0.6) is 5.75 Å². The van der Waals surface area contributed by atoms with E-state index in [1.165, 1.54) is 12.1 Å². The first-order chi connectivity index (χ1) is 13.2. The van der Waals surface area contributed by atoms with Crippen molar-refractivity contribution in [2.45, 2.75) is 17.6 Å². The van der Waals surface area contributed by atoms with Crippen molar-refractivity contribution in [2.24, 2.45) is 0 Å². The van der Waals surface area contributed by atoms with E-state index in [0.29, 0.717) is 19.6 Å². The van der Waals surface area contributed by atoms with Gasteiger partial charge in [0.1, 0.15) is 5.75 Å². The van der Waals surface area contributed by atoms with Crippen LogP contribution >= 0.6 is 0 Å². The van der Waals surface area contributed by atoms with Gasteiger partial charge in [-0.15, -0.1) is 0 Å². The van der Waals surface area contributed by atoms with E-state index in [2.05, 4.69) is 4.90 Å². The van der Waals surface area contributed by atoms with Gasteiger partial charge >= 0.3 is 6.18 Å². The second kappa shape index (κ2) is 8.10. The van der Waals surface area contributed by atoms with Gasteiger partial charge < -0.3 is 4.74 Å². The molecule has 0 saturated carbocycles. The molecule has 0 atom stereocenters. The topological polar surface area (TPSA) is 49.9 Å². The Bertz CT molecular complexity index is 924. The summed E-state index contributed by atoms with van der Waals surface area (Å²) < 4.78 is 71.7. The van der Waals surface area contributed by atoms with Crippen molar-refractivity contribution in [1.29, 1.82) is 0 Å². The average molecular weight is 414 g/mol. The van der Waals surface area contributed by atoms with Crippen LogP contribution in [0.3, 0.4) is 0 Å². The van der Waals surface area contributed by atoms with Crippen molar-refractivity contribution in [3.8, 4) is 5.75 Å². The maximum absolute atomic E-state index is 13.2. The standard InChI is InChI=1S/C19H21F3N2O3S/c1-27-17-8-4-2-6-15(17)14-23-10-12-24(13-11-23)28(25,26)18-9-5-3-7-16(18)19(20,21)22/h2-9H,10-14H2,1H3. The molecule has 1 heterocycles. The third-order valence-corrected chi connectivity index (χ3v) is 6.68. The Kier molecular flexibility index (Phi) is 5.97. The predicted molar refractivity (Wildman–Crippen MR) is 98.5 cm³/mol. The van der Waals surface area contributed by atoms with Gasteiger partial charge in [0.15, 0.2) is 0 Å². The van der Waals surface area contributed by atoms with Crippen molar-refractivity contribution in [2.75, 3.05) is 33.3 Å². The van der Waals surface area contributed by atoms with Crippen LogP contribution < -0.4 is 4.74 Å². The first-order valence-corrected chi connectivity index (χ1v) is 10.2. The third kappa shape index (κ3) is 4.31. The Hall–Kier alpha value is -2.10. The molecule has 9 heteroatoms. The minimum absolute atomic E-state index is 0.129. The van der Waals surface area contributed by atoms with Crippen molar-refractivity contribution in [1.82, 2.24) is 9.21 Å². The number of piperazine rings is 1. The number of hydrogen-bond acceptors (Lipinski definition) is 4. The minimum Gasteiger partial charge on any atom is -0.496 e. The van der Waals surface area contributed by atoms with Crippen LogP contribution in [0.25, 0.3) is 0 Å². The predicted octanol–water partition coefficient (Wildman–Crippen LogP) is 3.22. The molecular weight excluding hydrogens is 393 g/mol. The van der Waals surface area contributed by atoms with Gasteiger partial charge in [0.05, 0.1) is 17.6 Å². The van der Waals surface area contributed by atoms with Gasteiger partial charge in [-0.2, -0.15) is 17.5 Å². The van der Waals surface area contributed by atoms with Crippen molar-refractivity contribution < 1.29 is 26.3 Å². The SMILES string of the molecule is COc1ccccc1CN1CCN(S(=O)(=O)c2ccccc2C(F)(F)F)CC1. The molecule has 0 aliphatic carbocycles. The van der Waals surface area contributed by atoms with E-state index in [9.17, 15) is 21.6 Å². The molecule has 1 saturated heterocycles. The van der Waals surface area contributed by atoms with Crippen LogP contribution in [0.1, 0.15) is 11.1 Å². The van der Waals surface area contributed by atoms with Gasteiger partial charge in [0.25, 0.3) is 0 Å². The fourth-order valence-electron chi connectivity index (χ4n) is 3.27. The number of alkyl halides is 3. The molecule has 152 valence electrons. The summed E-state index contributed by atoms with van der Waals surface area (Å²) in [7, 11) is -2.64. The van der Waals surface area contributed by atoms with E-state index in [1.807, 2.05) is 24.3 Å². The second-order valence-corrected chi connectivity index (χ2v) is 8.39. The summed E-state index contributed by atoms with van der Waals surface area (Å²) in [5, 5.41) is 0. The van der Waals surface area contributed by atoms with Crippen LogP contribution in [0.4, 0.5) is 13.2 Å². The summed E-state index contributed by atoms with van der Waals surface area (Å²) in [6.45, 7) is 1.68. The van der Waals surface area contributed by atoms with Gasteiger partial charge in [-0.3, -0.25) is 4.90 Å². The van der Waals surface area contributed by atoms with Crippen molar-refractivity contribution >= 4 is 10.0 Å². The zero-order chi connectivity index (χ0) is 20.4. The Morgan fingerprint density at radius 1 is 0.964 bits per heavy atom. The molecule has 0 spiro atoms. The Morgan fingerprint density at radius 2 is 1.57 bits per heavy atom. The first-order valence-electron chi connectivity index (χ1n) is 8.74. The smallest absolute Gasteiger partial charge is 0.417 e. The van der Waals surface area contributed by atoms with Crippen molar-refractivity contribution in [3.63, 3.8) is 0 Å². The van der Waals surface area contributed by atoms with Gasteiger partial charge in [0.2, 0.25) is 10.0 Å². The second-order valence-electron chi connectivity index (χ2n) is 6.49. The van der Waals surface area contributed by atoms with Crippen LogP contribution in [-0.2, 0) is 22.7 Å². The fourth-order valence-corrected chi connectivity index (χ4v) is 4.90. The number of methoxy groups -OCH3 is 1. The number of nitrogens with zero attached hydrogens (tertiary/aromatic N) is 2. The van der Waals surface area contributed by atoms with Crippen LogP contribution in [-0.4, -0.2) is 50.9 Å². The van der Waals surface area contributed by atoms with Gasteiger partial charge in [-0.05, 0) is 18.2 Å². The minimum atomic E-state index is -4.73. The van der Waals surface area contributed by atoms with Crippen LogP contribution in [0.15, 0.2) is 53.4 Å². The normalized spacial score (nSPS) is 16.9. The summed E-state index contributed by atoms with van der Waals surface area (Å²) in [5.41, 5.74) is -0.157. The van der Waals surface area contributed by atoms with Gasteiger partial charge in [-0.1, -0.05) is 30.3 Å². The highest BCUT2D eigenvalue weighted by atomic mass is 32.2. The summed E-state index contributed by atoms with van der Waals surface area (Å²) >= 11 is 0. The summed E-state index contributed by atoms with van der Waals surface area (Å²) in [6, 6.07) is 11.8. The Labute approximate surface area is 162 Å².